The minimum absolute atomic E-state index is 0.195. The largest absolute Gasteiger partial charge is 0.748 e. The molecule has 5 heteroatoms. The molecule has 4 nitrogen and oxygen atoms in total. The zero-order chi connectivity index (χ0) is 20.3. The number of quaternary nitrogens is 1. The third-order valence-corrected chi connectivity index (χ3v) is 5.22. The van der Waals surface area contributed by atoms with Crippen molar-refractivity contribution < 1.29 is 17.5 Å². The number of nitrogens with zero attached hydrogens (tertiary/aromatic N) is 1. The molecule has 0 amide bonds. The molecule has 0 bridgehead atoms. The van der Waals surface area contributed by atoms with E-state index in [1.54, 1.807) is 0 Å². The summed E-state index contributed by atoms with van der Waals surface area (Å²) in [4.78, 5) is 0. The van der Waals surface area contributed by atoms with Gasteiger partial charge in [0, 0.05) is 5.75 Å². The molecule has 0 saturated heterocycles. The van der Waals surface area contributed by atoms with Crippen molar-refractivity contribution in [1.29, 1.82) is 0 Å². The van der Waals surface area contributed by atoms with Gasteiger partial charge in [0.05, 0.1) is 37.8 Å². The molecule has 0 aromatic carbocycles. The van der Waals surface area contributed by atoms with Crippen LogP contribution in [0.4, 0.5) is 0 Å². The Balaban J connectivity index is 0. The molecule has 26 heavy (non-hydrogen) atoms. The van der Waals surface area contributed by atoms with Crippen molar-refractivity contribution in [1.82, 2.24) is 0 Å². The summed E-state index contributed by atoms with van der Waals surface area (Å²) in [6.07, 6.45) is 17.4. The smallest absolute Gasteiger partial charge is 0.0945 e. The molecule has 0 radical (unpaired) electrons. The van der Waals surface area contributed by atoms with Crippen molar-refractivity contribution in [2.45, 2.75) is 104 Å². The van der Waals surface area contributed by atoms with Crippen LogP contribution in [0.15, 0.2) is 0 Å². The van der Waals surface area contributed by atoms with Gasteiger partial charge in [-0.1, -0.05) is 84.5 Å². The Hall–Kier alpha value is -0.130. The van der Waals surface area contributed by atoms with Crippen LogP contribution >= 0.6 is 0 Å². The van der Waals surface area contributed by atoms with E-state index in [1.165, 1.54) is 70.8 Å². The maximum absolute atomic E-state index is 10.2. The van der Waals surface area contributed by atoms with Gasteiger partial charge in [0.25, 0.3) is 0 Å². The van der Waals surface area contributed by atoms with Crippen molar-refractivity contribution in [2.75, 3.05) is 33.4 Å². The zero-order valence-corrected chi connectivity index (χ0v) is 19.2. The topological polar surface area (TPSA) is 57.2 Å². The van der Waals surface area contributed by atoms with Gasteiger partial charge in [-0.3, -0.25) is 0 Å². The molecule has 0 saturated carbocycles. The van der Waals surface area contributed by atoms with Gasteiger partial charge in [-0.2, -0.15) is 0 Å². The molecule has 0 N–H and O–H groups in total. The molecule has 0 rings (SSSR count). The van der Waals surface area contributed by atoms with Crippen LogP contribution in [-0.2, 0) is 10.1 Å². The fourth-order valence-electron chi connectivity index (χ4n) is 2.78. The fourth-order valence-corrected chi connectivity index (χ4v) is 3.34. The van der Waals surface area contributed by atoms with Crippen molar-refractivity contribution in [2.24, 2.45) is 0 Å². The van der Waals surface area contributed by atoms with Gasteiger partial charge in [-0.15, -0.1) is 0 Å². The Kier molecular flexibility index (Phi) is 19.7. The van der Waals surface area contributed by atoms with Gasteiger partial charge >= 0.3 is 0 Å². The second-order valence-corrected chi connectivity index (χ2v) is 10.0. The first-order valence-electron chi connectivity index (χ1n) is 10.9. The number of hydrogen-bond donors (Lipinski definition) is 0. The standard InChI is InChI=1S/C13H30N.C8H18O3S/c1-5-6-7-8-9-10-11-12-13-14(2,3)4;1-2-3-4-5-6-7-8-12(9,10)11/h5-13H2,1-4H3;2-8H2,1H3,(H,9,10,11)/q+1;/p-1. The molecule has 0 spiro atoms. The first-order valence-corrected chi connectivity index (χ1v) is 12.4. The second-order valence-electron chi connectivity index (χ2n) is 8.52. The Morgan fingerprint density at radius 2 is 0.962 bits per heavy atom. The van der Waals surface area contributed by atoms with Crippen LogP contribution in [0.25, 0.3) is 0 Å². The SMILES string of the molecule is CCCCCCCCCC[N+](C)(C)C.CCCCCCCCS(=O)(=O)[O-]. The van der Waals surface area contributed by atoms with Gasteiger partial charge in [0.2, 0.25) is 0 Å². The van der Waals surface area contributed by atoms with E-state index in [1.807, 2.05) is 0 Å². The first kappa shape index (κ1) is 28.1. The van der Waals surface area contributed by atoms with E-state index < -0.39 is 10.1 Å². The second kappa shape index (κ2) is 18.2. The van der Waals surface area contributed by atoms with Crippen LogP contribution in [0.1, 0.15) is 104 Å². The molecular formula is C21H47NO3S. The summed E-state index contributed by atoms with van der Waals surface area (Å²) in [6, 6.07) is 0. The van der Waals surface area contributed by atoms with Crippen molar-refractivity contribution in [3.05, 3.63) is 0 Å². The van der Waals surface area contributed by atoms with Gasteiger partial charge in [-0.25, -0.2) is 8.42 Å². The van der Waals surface area contributed by atoms with Gasteiger partial charge < -0.3 is 9.04 Å². The van der Waals surface area contributed by atoms with Crippen LogP contribution in [0.2, 0.25) is 0 Å². The summed E-state index contributed by atoms with van der Waals surface area (Å²) < 4.78 is 31.6. The molecule has 0 aliphatic heterocycles. The highest BCUT2D eigenvalue weighted by Gasteiger charge is 2.04. The quantitative estimate of drug-likeness (QED) is 0.191. The third-order valence-electron chi connectivity index (χ3n) is 4.43. The average molecular weight is 394 g/mol. The van der Waals surface area contributed by atoms with Gasteiger partial charge in [0.15, 0.2) is 0 Å². The summed E-state index contributed by atoms with van der Waals surface area (Å²) in [7, 11) is 2.87. The van der Waals surface area contributed by atoms with E-state index in [2.05, 4.69) is 35.0 Å². The van der Waals surface area contributed by atoms with E-state index in [9.17, 15) is 13.0 Å². The molecule has 160 valence electrons. The van der Waals surface area contributed by atoms with Crippen LogP contribution in [0.3, 0.4) is 0 Å². The number of rotatable bonds is 16. The Morgan fingerprint density at radius 1 is 0.615 bits per heavy atom. The van der Waals surface area contributed by atoms with E-state index in [0.717, 1.165) is 23.7 Å². The summed E-state index contributed by atoms with van der Waals surface area (Å²) in [5.74, 6) is -0.195. The summed E-state index contributed by atoms with van der Waals surface area (Å²) >= 11 is 0. The lowest BCUT2D eigenvalue weighted by Crippen LogP contribution is -2.35. The highest BCUT2D eigenvalue weighted by molar-refractivity contribution is 7.85. The maximum atomic E-state index is 10.2. The number of hydrogen-bond acceptors (Lipinski definition) is 3. The van der Waals surface area contributed by atoms with Crippen LogP contribution in [0.5, 0.6) is 0 Å². The maximum Gasteiger partial charge on any atom is 0.0945 e. The molecule has 0 aromatic heterocycles. The molecular weight excluding hydrogens is 346 g/mol. The minimum atomic E-state index is -3.97. The zero-order valence-electron chi connectivity index (χ0n) is 18.4. The summed E-state index contributed by atoms with van der Waals surface area (Å²) in [5, 5.41) is 0. The van der Waals surface area contributed by atoms with Crippen LogP contribution in [-0.4, -0.2) is 50.9 Å². The Bertz CT molecular complexity index is 375. The monoisotopic (exact) mass is 393 g/mol. The summed E-state index contributed by atoms with van der Waals surface area (Å²) in [6.45, 7) is 5.73. The third kappa shape index (κ3) is 31.6. The lowest BCUT2D eigenvalue weighted by molar-refractivity contribution is -0.870. The van der Waals surface area contributed by atoms with Crippen molar-refractivity contribution in [3.63, 3.8) is 0 Å². The van der Waals surface area contributed by atoms with Crippen LogP contribution < -0.4 is 0 Å². The van der Waals surface area contributed by atoms with E-state index in [0.29, 0.717) is 6.42 Å². The first-order chi connectivity index (χ1) is 12.1. The molecule has 0 aromatic rings. The molecule has 0 atom stereocenters. The van der Waals surface area contributed by atoms with Crippen LogP contribution in [0, 0.1) is 0 Å². The number of unbranched alkanes of at least 4 members (excludes halogenated alkanes) is 12. The van der Waals surface area contributed by atoms with Gasteiger partial charge in [-0.05, 0) is 19.3 Å². The molecule has 0 aliphatic rings. The van der Waals surface area contributed by atoms with Crippen molar-refractivity contribution in [3.8, 4) is 0 Å². The summed E-state index contributed by atoms with van der Waals surface area (Å²) in [5.41, 5.74) is 0. The fraction of sp³-hybridized carbons (Fsp3) is 1.00. The van der Waals surface area contributed by atoms with Gasteiger partial charge in [0.1, 0.15) is 0 Å². The van der Waals surface area contributed by atoms with E-state index >= 15 is 0 Å². The minimum Gasteiger partial charge on any atom is -0.748 e. The lowest BCUT2D eigenvalue weighted by Gasteiger charge is -2.23. The highest BCUT2D eigenvalue weighted by atomic mass is 32.2. The molecule has 0 fully saturated rings. The molecule has 0 aliphatic carbocycles. The lowest BCUT2D eigenvalue weighted by atomic mass is 10.1. The Morgan fingerprint density at radius 3 is 1.31 bits per heavy atom. The molecule has 0 unspecified atom stereocenters. The Labute approximate surface area is 165 Å². The molecule has 0 heterocycles. The predicted octanol–water partition coefficient (Wildman–Crippen LogP) is 5.73. The van der Waals surface area contributed by atoms with E-state index in [-0.39, 0.29) is 5.75 Å². The predicted molar refractivity (Wildman–Crippen MR) is 113 cm³/mol. The highest BCUT2D eigenvalue weighted by Crippen LogP contribution is 2.09. The van der Waals surface area contributed by atoms with Crippen molar-refractivity contribution >= 4 is 10.1 Å². The van der Waals surface area contributed by atoms with E-state index in [4.69, 9.17) is 0 Å². The normalized spacial score (nSPS) is 11.9. The average Bonchev–Trinajstić information content (AvgIpc) is 2.52.